The zero-order valence-electron chi connectivity index (χ0n) is 12.4. The SMILES string of the molecule is CCc1nnsc1C(=O)NCCCN1CCC[C@H](C)C1. The number of aryl methyl sites for hydroxylation is 1. The van der Waals surface area contributed by atoms with Gasteiger partial charge in [0.2, 0.25) is 0 Å². The van der Waals surface area contributed by atoms with Crippen LogP contribution in [-0.2, 0) is 6.42 Å². The predicted octanol–water partition coefficient (Wildman–Crippen LogP) is 1.95. The number of carbonyl (C=O) groups is 1. The van der Waals surface area contributed by atoms with Crippen LogP contribution in [0.15, 0.2) is 0 Å². The van der Waals surface area contributed by atoms with E-state index in [2.05, 4.69) is 26.7 Å². The second kappa shape index (κ2) is 7.69. The van der Waals surface area contributed by atoms with Gasteiger partial charge >= 0.3 is 0 Å². The minimum atomic E-state index is -0.0242. The molecule has 0 saturated carbocycles. The molecular formula is C14H24N4OS. The van der Waals surface area contributed by atoms with Crippen LogP contribution in [0, 0.1) is 5.92 Å². The standard InChI is InChI=1S/C14H24N4OS/c1-3-12-13(20-17-16-12)14(19)15-7-5-9-18-8-4-6-11(2)10-18/h11H,3-10H2,1-2H3,(H,15,19)/t11-/m0/s1. The molecule has 1 aliphatic heterocycles. The fourth-order valence-electron chi connectivity index (χ4n) is 2.69. The average Bonchev–Trinajstić information content (AvgIpc) is 2.92. The molecule has 2 rings (SSSR count). The Morgan fingerprint density at radius 1 is 1.55 bits per heavy atom. The zero-order chi connectivity index (χ0) is 14.4. The van der Waals surface area contributed by atoms with Crippen LogP contribution in [0.5, 0.6) is 0 Å². The van der Waals surface area contributed by atoms with Gasteiger partial charge in [-0.1, -0.05) is 18.3 Å². The van der Waals surface area contributed by atoms with Crippen LogP contribution in [0.25, 0.3) is 0 Å². The van der Waals surface area contributed by atoms with Gasteiger partial charge in [0.15, 0.2) is 0 Å². The van der Waals surface area contributed by atoms with E-state index in [1.54, 1.807) is 0 Å². The number of hydrogen-bond acceptors (Lipinski definition) is 5. The molecule has 6 heteroatoms. The molecule has 0 aromatic carbocycles. The van der Waals surface area contributed by atoms with E-state index in [0.717, 1.165) is 37.5 Å². The average molecular weight is 296 g/mol. The molecule has 112 valence electrons. The van der Waals surface area contributed by atoms with Crippen molar-refractivity contribution in [3.63, 3.8) is 0 Å². The first-order valence-corrected chi connectivity index (χ1v) is 8.29. The summed E-state index contributed by atoms with van der Waals surface area (Å²) in [7, 11) is 0. The molecule has 1 saturated heterocycles. The lowest BCUT2D eigenvalue weighted by Crippen LogP contribution is -2.36. The van der Waals surface area contributed by atoms with Crippen molar-refractivity contribution in [3.05, 3.63) is 10.6 Å². The summed E-state index contributed by atoms with van der Waals surface area (Å²) in [6, 6.07) is 0. The van der Waals surface area contributed by atoms with E-state index >= 15 is 0 Å². The van der Waals surface area contributed by atoms with E-state index in [4.69, 9.17) is 0 Å². The molecule has 1 fully saturated rings. The van der Waals surface area contributed by atoms with Gasteiger partial charge < -0.3 is 10.2 Å². The fourth-order valence-corrected chi connectivity index (χ4v) is 3.35. The van der Waals surface area contributed by atoms with Crippen LogP contribution in [0.1, 0.15) is 48.5 Å². The van der Waals surface area contributed by atoms with Gasteiger partial charge in [-0.3, -0.25) is 4.79 Å². The van der Waals surface area contributed by atoms with Gasteiger partial charge in [0.25, 0.3) is 5.91 Å². The molecule has 1 N–H and O–H groups in total. The molecular weight excluding hydrogens is 272 g/mol. The second-order valence-corrected chi connectivity index (χ2v) is 6.31. The maximum absolute atomic E-state index is 12.0. The maximum Gasteiger partial charge on any atom is 0.264 e. The summed E-state index contributed by atoms with van der Waals surface area (Å²) in [5, 5.41) is 6.94. The summed E-state index contributed by atoms with van der Waals surface area (Å²) >= 11 is 1.19. The van der Waals surface area contributed by atoms with E-state index < -0.39 is 0 Å². The molecule has 1 aromatic rings. The first kappa shape index (κ1) is 15.4. The van der Waals surface area contributed by atoms with Crippen LogP contribution in [-0.4, -0.2) is 46.6 Å². The number of hydrogen-bond donors (Lipinski definition) is 1. The normalized spacial score (nSPS) is 20.0. The number of amides is 1. The van der Waals surface area contributed by atoms with Crippen molar-refractivity contribution in [1.82, 2.24) is 19.8 Å². The number of nitrogens with one attached hydrogen (secondary N) is 1. The smallest absolute Gasteiger partial charge is 0.264 e. The van der Waals surface area contributed by atoms with Crippen LogP contribution >= 0.6 is 11.5 Å². The van der Waals surface area contributed by atoms with Gasteiger partial charge in [-0.15, -0.1) is 5.10 Å². The maximum atomic E-state index is 12.0. The molecule has 0 radical (unpaired) electrons. The Morgan fingerprint density at radius 2 is 2.40 bits per heavy atom. The Balaban J connectivity index is 1.67. The van der Waals surface area contributed by atoms with Gasteiger partial charge in [0.05, 0.1) is 5.69 Å². The highest BCUT2D eigenvalue weighted by molar-refractivity contribution is 7.08. The first-order valence-electron chi connectivity index (χ1n) is 7.52. The molecule has 1 aromatic heterocycles. The lowest BCUT2D eigenvalue weighted by atomic mass is 10.0. The molecule has 0 bridgehead atoms. The molecule has 1 amide bonds. The minimum Gasteiger partial charge on any atom is -0.351 e. The van der Waals surface area contributed by atoms with Crippen LogP contribution < -0.4 is 5.32 Å². The molecule has 0 spiro atoms. The zero-order valence-corrected chi connectivity index (χ0v) is 13.2. The van der Waals surface area contributed by atoms with Crippen molar-refractivity contribution in [2.45, 2.75) is 39.5 Å². The highest BCUT2D eigenvalue weighted by atomic mass is 32.1. The topological polar surface area (TPSA) is 58.1 Å². The molecule has 1 aliphatic rings. The highest BCUT2D eigenvalue weighted by Crippen LogP contribution is 2.15. The van der Waals surface area contributed by atoms with E-state index in [9.17, 15) is 4.79 Å². The van der Waals surface area contributed by atoms with E-state index in [-0.39, 0.29) is 5.91 Å². The number of nitrogens with zero attached hydrogens (tertiary/aromatic N) is 3. The summed E-state index contributed by atoms with van der Waals surface area (Å²) in [5.74, 6) is 0.789. The second-order valence-electron chi connectivity index (χ2n) is 5.56. The molecule has 20 heavy (non-hydrogen) atoms. The molecule has 2 heterocycles. The summed E-state index contributed by atoms with van der Waals surface area (Å²) < 4.78 is 3.85. The van der Waals surface area contributed by atoms with Gasteiger partial charge in [0, 0.05) is 13.1 Å². The Kier molecular flexibility index (Phi) is 5.91. The number of piperidine rings is 1. The van der Waals surface area contributed by atoms with Gasteiger partial charge in [-0.05, 0) is 56.2 Å². The van der Waals surface area contributed by atoms with Gasteiger partial charge in [-0.2, -0.15) is 0 Å². The number of aromatic nitrogens is 2. The minimum absolute atomic E-state index is 0.0242. The molecule has 1 atom stereocenters. The van der Waals surface area contributed by atoms with Crippen LogP contribution in [0.2, 0.25) is 0 Å². The number of likely N-dealkylation sites (tertiary alicyclic amines) is 1. The van der Waals surface area contributed by atoms with E-state index in [0.29, 0.717) is 4.88 Å². The number of rotatable bonds is 6. The third-order valence-electron chi connectivity index (χ3n) is 3.77. The summed E-state index contributed by atoms with van der Waals surface area (Å²) in [6.07, 6.45) is 4.42. The summed E-state index contributed by atoms with van der Waals surface area (Å²) in [5.41, 5.74) is 0.803. The Morgan fingerprint density at radius 3 is 3.15 bits per heavy atom. The van der Waals surface area contributed by atoms with Crippen molar-refractivity contribution < 1.29 is 4.79 Å². The van der Waals surface area contributed by atoms with Gasteiger partial charge in [0.1, 0.15) is 4.88 Å². The lowest BCUT2D eigenvalue weighted by Gasteiger charge is -2.30. The first-order chi connectivity index (χ1) is 9.70. The Hall–Kier alpha value is -1.01. The fraction of sp³-hybridized carbons (Fsp3) is 0.786. The van der Waals surface area contributed by atoms with Crippen molar-refractivity contribution in [2.24, 2.45) is 5.92 Å². The third-order valence-corrected chi connectivity index (χ3v) is 4.54. The van der Waals surface area contributed by atoms with Crippen molar-refractivity contribution >= 4 is 17.4 Å². The molecule has 0 aliphatic carbocycles. The third kappa shape index (κ3) is 4.24. The van der Waals surface area contributed by atoms with E-state index in [1.807, 2.05) is 6.92 Å². The lowest BCUT2D eigenvalue weighted by molar-refractivity contribution is 0.0953. The van der Waals surface area contributed by atoms with Crippen molar-refractivity contribution in [3.8, 4) is 0 Å². The molecule has 0 unspecified atom stereocenters. The monoisotopic (exact) mass is 296 g/mol. The largest absolute Gasteiger partial charge is 0.351 e. The molecule has 5 nitrogen and oxygen atoms in total. The van der Waals surface area contributed by atoms with Crippen molar-refractivity contribution in [1.29, 1.82) is 0 Å². The van der Waals surface area contributed by atoms with E-state index in [1.165, 1.54) is 37.5 Å². The van der Waals surface area contributed by atoms with Gasteiger partial charge in [-0.25, -0.2) is 0 Å². The highest BCUT2D eigenvalue weighted by Gasteiger charge is 2.16. The summed E-state index contributed by atoms with van der Waals surface area (Å²) in [6.45, 7) is 8.52. The van der Waals surface area contributed by atoms with Crippen LogP contribution in [0.3, 0.4) is 0 Å². The predicted molar refractivity (Wildman–Crippen MR) is 81.1 cm³/mol. The quantitative estimate of drug-likeness (QED) is 0.815. The Labute approximate surface area is 124 Å². The van der Waals surface area contributed by atoms with Crippen molar-refractivity contribution in [2.75, 3.05) is 26.2 Å². The Bertz CT molecular complexity index is 435. The summed E-state index contributed by atoms with van der Waals surface area (Å²) in [4.78, 5) is 15.2. The van der Waals surface area contributed by atoms with Crippen LogP contribution in [0.4, 0.5) is 0 Å². The number of carbonyl (C=O) groups excluding carboxylic acids is 1.